The van der Waals surface area contributed by atoms with E-state index in [1.54, 1.807) is 24.1 Å². The zero-order valence-corrected chi connectivity index (χ0v) is 12.9. The summed E-state index contributed by atoms with van der Waals surface area (Å²) in [6.07, 6.45) is 2.03. The Bertz CT molecular complexity index is 434. The molecular weight excluding hydrogens is 258 g/mol. The van der Waals surface area contributed by atoms with Gasteiger partial charge in [-0.3, -0.25) is 4.79 Å². The second-order valence-electron chi connectivity index (χ2n) is 4.49. The molecule has 0 aliphatic carbocycles. The van der Waals surface area contributed by atoms with Gasteiger partial charge in [-0.25, -0.2) is 0 Å². The van der Waals surface area contributed by atoms with Crippen molar-refractivity contribution in [2.24, 2.45) is 0 Å². The van der Waals surface area contributed by atoms with E-state index >= 15 is 0 Å². The van der Waals surface area contributed by atoms with Crippen molar-refractivity contribution >= 4 is 5.91 Å². The number of nitrogens with zero attached hydrogens (tertiary/aromatic N) is 1. The Hall–Kier alpha value is -1.91. The van der Waals surface area contributed by atoms with Crippen molar-refractivity contribution < 1.29 is 19.0 Å². The van der Waals surface area contributed by atoms with E-state index in [0.717, 1.165) is 19.4 Å². The van der Waals surface area contributed by atoms with Crippen LogP contribution in [0.15, 0.2) is 12.1 Å². The fourth-order valence-electron chi connectivity index (χ4n) is 1.92. The number of unbranched alkanes of at least 4 members (excludes halogenated alkanes) is 1. The lowest BCUT2D eigenvalue weighted by atomic mass is 10.1. The SMILES string of the molecule is CCCCN(C)C(=O)c1cc(OC)c(OC)c(OC)c1. The highest BCUT2D eigenvalue weighted by molar-refractivity contribution is 5.95. The summed E-state index contributed by atoms with van der Waals surface area (Å²) in [5.41, 5.74) is 0.526. The molecule has 112 valence electrons. The first-order valence-electron chi connectivity index (χ1n) is 6.64. The molecule has 0 heterocycles. The molecule has 0 fully saturated rings. The average molecular weight is 281 g/mol. The summed E-state index contributed by atoms with van der Waals surface area (Å²) in [4.78, 5) is 14.1. The van der Waals surface area contributed by atoms with Gasteiger partial charge in [0.05, 0.1) is 21.3 Å². The van der Waals surface area contributed by atoms with Crippen molar-refractivity contribution in [3.05, 3.63) is 17.7 Å². The second-order valence-corrected chi connectivity index (χ2v) is 4.49. The highest BCUT2D eigenvalue weighted by atomic mass is 16.5. The fourth-order valence-corrected chi connectivity index (χ4v) is 1.92. The van der Waals surface area contributed by atoms with E-state index < -0.39 is 0 Å². The Balaban J connectivity index is 3.09. The maximum absolute atomic E-state index is 12.4. The molecule has 0 radical (unpaired) electrons. The minimum absolute atomic E-state index is 0.0577. The van der Waals surface area contributed by atoms with Crippen molar-refractivity contribution in [1.82, 2.24) is 4.90 Å². The predicted octanol–water partition coefficient (Wildman–Crippen LogP) is 2.58. The first-order valence-corrected chi connectivity index (χ1v) is 6.64. The molecule has 1 aromatic carbocycles. The van der Waals surface area contributed by atoms with Gasteiger partial charge in [0.1, 0.15) is 0 Å². The first-order chi connectivity index (χ1) is 9.58. The highest BCUT2D eigenvalue weighted by Gasteiger charge is 2.18. The molecule has 0 aliphatic heterocycles. The second kappa shape index (κ2) is 7.62. The summed E-state index contributed by atoms with van der Waals surface area (Å²) in [5, 5.41) is 0. The highest BCUT2D eigenvalue weighted by Crippen LogP contribution is 2.38. The van der Waals surface area contributed by atoms with Gasteiger partial charge in [-0.15, -0.1) is 0 Å². The Labute approximate surface area is 120 Å². The molecule has 20 heavy (non-hydrogen) atoms. The average Bonchev–Trinajstić information content (AvgIpc) is 2.49. The van der Waals surface area contributed by atoms with E-state index in [1.807, 2.05) is 0 Å². The Morgan fingerprint density at radius 1 is 1.10 bits per heavy atom. The summed E-state index contributed by atoms with van der Waals surface area (Å²) in [6, 6.07) is 3.35. The molecule has 0 N–H and O–H groups in total. The molecule has 0 bridgehead atoms. The third-order valence-corrected chi connectivity index (χ3v) is 3.11. The van der Waals surface area contributed by atoms with Crippen LogP contribution in [0.25, 0.3) is 0 Å². The van der Waals surface area contributed by atoms with E-state index in [0.29, 0.717) is 22.8 Å². The summed E-state index contributed by atoms with van der Waals surface area (Å²) in [5.74, 6) is 1.40. The van der Waals surface area contributed by atoms with Crippen molar-refractivity contribution in [2.75, 3.05) is 34.9 Å². The smallest absolute Gasteiger partial charge is 0.253 e. The molecule has 5 nitrogen and oxygen atoms in total. The van der Waals surface area contributed by atoms with Gasteiger partial charge in [0.2, 0.25) is 5.75 Å². The van der Waals surface area contributed by atoms with Crippen molar-refractivity contribution in [3.8, 4) is 17.2 Å². The van der Waals surface area contributed by atoms with Crippen molar-refractivity contribution in [3.63, 3.8) is 0 Å². The van der Waals surface area contributed by atoms with E-state index in [4.69, 9.17) is 14.2 Å². The lowest BCUT2D eigenvalue weighted by Gasteiger charge is -2.19. The minimum atomic E-state index is -0.0577. The van der Waals surface area contributed by atoms with Crippen molar-refractivity contribution in [2.45, 2.75) is 19.8 Å². The van der Waals surface area contributed by atoms with Gasteiger partial charge in [-0.05, 0) is 18.6 Å². The van der Waals surface area contributed by atoms with Gasteiger partial charge in [0.15, 0.2) is 11.5 Å². The monoisotopic (exact) mass is 281 g/mol. The Morgan fingerprint density at radius 3 is 2.05 bits per heavy atom. The number of ether oxygens (including phenoxy) is 3. The topological polar surface area (TPSA) is 48.0 Å². The van der Waals surface area contributed by atoms with E-state index in [2.05, 4.69) is 6.92 Å². The number of carbonyl (C=O) groups excluding carboxylic acids is 1. The van der Waals surface area contributed by atoms with Gasteiger partial charge in [0.25, 0.3) is 5.91 Å². The molecule has 0 spiro atoms. The number of carbonyl (C=O) groups is 1. The van der Waals surface area contributed by atoms with E-state index in [-0.39, 0.29) is 5.91 Å². The maximum atomic E-state index is 12.4. The van der Waals surface area contributed by atoms with Gasteiger partial charge in [-0.1, -0.05) is 13.3 Å². The van der Waals surface area contributed by atoms with Crippen LogP contribution in [-0.4, -0.2) is 45.7 Å². The largest absolute Gasteiger partial charge is 0.493 e. The van der Waals surface area contributed by atoms with Gasteiger partial charge >= 0.3 is 0 Å². The molecule has 0 aliphatic rings. The number of methoxy groups -OCH3 is 3. The van der Waals surface area contributed by atoms with Crippen LogP contribution in [0, 0.1) is 0 Å². The molecule has 5 heteroatoms. The van der Waals surface area contributed by atoms with Crippen LogP contribution in [0.4, 0.5) is 0 Å². The van der Waals surface area contributed by atoms with Crippen molar-refractivity contribution in [1.29, 1.82) is 0 Å². The van der Waals surface area contributed by atoms with Crippen LogP contribution in [0.5, 0.6) is 17.2 Å². The first kappa shape index (κ1) is 16.1. The normalized spacial score (nSPS) is 10.1. The van der Waals surface area contributed by atoms with E-state index in [1.165, 1.54) is 21.3 Å². The number of benzene rings is 1. The molecule has 1 rings (SSSR count). The third-order valence-electron chi connectivity index (χ3n) is 3.11. The maximum Gasteiger partial charge on any atom is 0.253 e. The molecule has 0 atom stereocenters. The quantitative estimate of drug-likeness (QED) is 0.770. The molecule has 0 unspecified atom stereocenters. The lowest BCUT2D eigenvalue weighted by Crippen LogP contribution is -2.27. The number of rotatable bonds is 7. The van der Waals surface area contributed by atoms with Crippen LogP contribution in [0.2, 0.25) is 0 Å². The molecule has 1 amide bonds. The number of amides is 1. The third kappa shape index (κ3) is 3.56. The summed E-state index contributed by atoms with van der Waals surface area (Å²) in [7, 11) is 6.40. The van der Waals surface area contributed by atoms with Gasteiger partial charge in [0, 0.05) is 19.2 Å². The number of hydrogen-bond donors (Lipinski definition) is 0. The molecule has 0 saturated carbocycles. The van der Waals surface area contributed by atoms with Gasteiger partial charge in [-0.2, -0.15) is 0 Å². The Kier molecular flexibility index (Phi) is 6.15. The van der Waals surface area contributed by atoms with Crippen LogP contribution < -0.4 is 14.2 Å². The summed E-state index contributed by atoms with van der Waals surface area (Å²) in [6.45, 7) is 2.82. The number of hydrogen-bond acceptors (Lipinski definition) is 4. The molecule has 0 saturated heterocycles. The van der Waals surface area contributed by atoms with Crippen LogP contribution in [0.3, 0.4) is 0 Å². The molecule has 1 aromatic rings. The molecular formula is C15H23NO4. The Morgan fingerprint density at radius 2 is 1.65 bits per heavy atom. The lowest BCUT2D eigenvalue weighted by molar-refractivity contribution is 0.0792. The van der Waals surface area contributed by atoms with Crippen LogP contribution in [0.1, 0.15) is 30.1 Å². The predicted molar refractivity (Wildman–Crippen MR) is 78.0 cm³/mol. The summed E-state index contributed by atoms with van der Waals surface area (Å²) < 4.78 is 15.8. The zero-order chi connectivity index (χ0) is 15.1. The zero-order valence-electron chi connectivity index (χ0n) is 12.9. The summed E-state index contributed by atoms with van der Waals surface area (Å²) >= 11 is 0. The standard InChI is InChI=1S/C15H23NO4/c1-6-7-8-16(2)15(17)11-9-12(18-3)14(20-5)13(10-11)19-4/h9-10H,6-8H2,1-5H3. The fraction of sp³-hybridized carbons (Fsp3) is 0.533. The van der Waals surface area contributed by atoms with E-state index in [9.17, 15) is 4.79 Å². The molecule has 0 aromatic heterocycles. The van der Waals surface area contributed by atoms with Crippen LogP contribution >= 0.6 is 0 Å². The van der Waals surface area contributed by atoms with Crippen LogP contribution in [-0.2, 0) is 0 Å². The van der Waals surface area contributed by atoms with Gasteiger partial charge < -0.3 is 19.1 Å². The minimum Gasteiger partial charge on any atom is -0.493 e.